The molecule has 0 spiro atoms. The highest BCUT2D eigenvalue weighted by molar-refractivity contribution is 6.11. The molecule has 0 aliphatic heterocycles. The Morgan fingerprint density at radius 1 is 0.405 bits per heavy atom. The molecule has 0 aliphatic rings. The molecular weight excluding hydrogens is 512 g/mol. The normalized spacial score (nSPS) is 11.8. The van der Waals surface area contributed by atoms with Crippen LogP contribution in [-0.2, 0) is 14.1 Å². The number of benzene rings is 4. The summed E-state index contributed by atoms with van der Waals surface area (Å²) >= 11 is 0. The Kier molecular flexibility index (Phi) is 5.35. The Balaban J connectivity index is 1.29. The number of pyridine rings is 2. The van der Waals surface area contributed by atoms with Gasteiger partial charge in [-0.2, -0.15) is 0 Å². The zero-order valence-corrected chi connectivity index (χ0v) is 24.2. The van der Waals surface area contributed by atoms with Gasteiger partial charge in [0.2, 0.25) is 0 Å². The Bertz CT molecular complexity index is 2150. The Morgan fingerprint density at radius 2 is 0.762 bits per heavy atom. The third-order valence-electron chi connectivity index (χ3n) is 8.82. The molecule has 0 saturated heterocycles. The van der Waals surface area contributed by atoms with Crippen molar-refractivity contribution in [2.45, 2.75) is 13.8 Å². The van der Waals surface area contributed by atoms with Gasteiger partial charge < -0.3 is 9.13 Å². The molecule has 4 nitrogen and oxygen atoms in total. The summed E-state index contributed by atoms with van der Waals surface area (Å²) in [4.78, 5) is 9.80. The van der Waals surface area contributed by atoms with E-state index < -0.39 is 0 Å². The molecule has 202 valence electrons. The third-order valence-corrected chi connectivity index (χ3v) is 8.82. The molecule has 8 aromatic rings. The summed E-state index contributed by atoms with van der Waals surface area (Å²) in [6, 6.07) is 35.3. The van der Waals surface area contributed by atoms with E-state index in [0.717, 1.165) is 22.4 Å². The SMILES string of the molecule is Cc1ccc(-c2ccc3c(c2)c2cc(-c4cc5c6cc(-c7ccc(C)cc7)ccc6n(C)c5cn4)ncc2n3C)cc1. The summed E-state index contributed by atoms with van der Waals surface area (Å²) in [6.07, 6.45) is 3.97. The maximum atomic E-state index is 4.90. The highest BCUT2D eigenvalue weighted by atomic mass is 15.0. The standard InChI is InChI=1S/C38H30N4/c1-23-5-9-25(10-6-23)27-13-15-35-29(17-27)31-19-33(39-21-37(31)41(35)3)34-20-32-30-18-28(26-11-7-24(2)8-12-26)14-16-36(30)42(4)38(32)22-40-34/h5-22H,1-4H3. The minimum atomic E-state index is 0.879. The second-order valence-corrected chi connectivity index (χ2v) is 11.5. The van der Waals surface area contributed by atoms with Gasteiger partial charge in [0, 0.05) is 46.7 Å². The van der Waals surface area contributed by atoms with Crippen molar-refractivity contribution in [3.63, 3.8) is 0 Å². The maximum absolute atomic E-state index is 4.90. The zero-order valence-electron chi connectivity index (χ0n) is 24.2. The van der Waals surface area contributed by atoms with E-state index in [0.29, 0.717) is 0 Å². The van der Waals surface area contributed by atoms with E-state index in [1.165, 1.54) is 66.0 Å². The van der Waals surface area contributed by atoms with Crippen molar-refractivity contribution in [1.82, 2.24) is 19.1 Å². The van der Waals surface area contributed by atoms with E-state index in [1.54, 1.807) is 0 Å². The van der Waals surface area contributed by atoms with Crippen molar-refractivity contribution in [2.24, 2.45) is 14.1 Å². The van der Waals surface area contributed by atoms with E-state index in [4.69, 9.17) is 9.97 Å². The third kappa shape index (κ3) is 3.76. The Morgan fingerprint density at radius 3 is 1.17 bits per heavy atom. The van der Waals surface area contributed by atoms with Gasteiger partial charge >= 0.3 is 0 Å². The molecule has 8 rings (SSSR count). The predicted octanol–water partition coefficient (Wildman–Crippen LogP) is 9.38. The topological polar surface area (TPSA) is 35.6 Å². The first kappa shape index (κ1) is 24.6. The molecule has 4 aromatic heterocycles. The van der Waals surface area contributed by atoms with Gasteiger partial charge in [-0.15, -0.1) is 0 Å². The monoisotopic (exact) mass is 542 g/mol. The Labute approximate surface area is 244 Å². The highest BCUT2D eigenvalue weighted by Crippen LogP contribution is 2.36. The average molecular weight is 543 g/mol. The van der Waals surface area contributed by atoms with E-state index in [-0.39, 0.29) is 0 Å². The van der Waals surface area contributed by atoms with Crippen molar-refractivity contribution in [1.29, 1.82) is 0 Å². The van der Waals surface area contributed by atoms with E-state index in [2.05, 4.69) is 134 Å². The molecule has 0 atom stereocenters. The second-order valence-electron chi connectivity index (χ2n) is 11.5. The highest BCUT2D eigenvalue weighted by Gasteiger charge is 2.15. The van der Waals surface area contributed by atoms with Crippen LogP contribution in [0.5, 0.6) is 0 Å². The van der Waals surface area contributed by atoms with Gasteiger partial charge in [0.25, 0.3) is 0 Å². The largest absolute Gasteiger partial charge is 0.342 e. The maximum Gasteiger partial charge on any atom is 0.0894 e. The van der Waals surface area contributed by atoms with E-state index in [9.17, 15) is 0 Å². The van der Waals surface area contributed by atoms with Crippen molar-refractivity contribution >= 4 is 43.6 Å². The lowest BCUT2D eigenvalue weighted by atomic mass is 10.0. The van der Waals surface area contributed by atoms with Crippen molar-refractivity contribution in [2.75, 3.05) is 0 Å². The molecule has 0 fully saturated rings. The van der Waals surface area contributed by atoms with Crippen molar-refractivity contribution in [3.8, 4) is 33.6 Å². The number of aromatic nitrogens is 4. The molecule has 4 aromatic carbocycles. The summed E-state index contributed by atoms with van der Waals surface area (Å²) in [7, 11) is 4.23. The smallest absolute Gasteiger partial charge is 0.0894 e. The number of rotatable bonds is 3. The van der Waals surface area contributed by atoms with Crippen LogP contribution in [0.1, 0.15) is 11.1 Å². The lowest BCUT2D eigenvalue weighted by Crippen LogP contribution is -1.91. The molecule has 4 heterocycles. The molecule has 42 heavy (non-hydrogen) atoms. The van der Waals surface area contributed by atoms with Gasteiger partial charge in [0.05, 0.1) is 34.8 Å². The Hall–Kier alpha value is -5.22. The summed E-state index contributed by atoms with van der Waals surface area (Å²) in [5.74, 6) is 0. The molecule has 4 heteroatoms. The molecule has 0 bridgehead atoms. The van der Waals surface area contributed by atoms with Gasteiger partial charge in [-0.25, -0.2) is 0 Å². The zero-order chi connectivity index (χ0) is 28.5. The van der Waals surface area contributed by atoms with Crippen LogP contribution in [0.2, 0.25) is 0 Å². The lowest BCUT2D eigenvalue weighted by molar-refractivity contribution is 1.01. The number of fused-ring (bicyclic) bond motifs is 6. The molecule has 0 saturated carbocycles. The summed E-state index contributed by atoms with van der Waals surface area (Å²) in [5.41, 5.74) is 13.8. The van der Waals surface area contributed by atoms with Crippen LogP contribution in [0, 0.1) is 13.8 Å². The van der Waals surface area contributed by atoms with Gasteiger partial charge in [0.1, 0.15) is 0 Å². The van der Waals surface area contributed by atoms with Crippen LogP contribution >= 0.6 is 0 Å². The van der Waals surface area contributed by atoms with Crippen LogP contribution in [-0.4, -0.2) is 19.1 Å². The van der Waals surface area contributed by atoms with E-state index >= 15 is 0 Å². The molecular formula is C38H30N4. The average Bonchev–Trinajstić information content (AvgIpc) is 3.47. The van der Waals surface area contributed by atoms with Gasteiger partial charge in [-0.05, 0) is 72.5 Å². The molecule has 0 aliphatic carbocycles. The fourth-order valence-electron chi connectivity index (χ4n) is 6.34. The molecule has 0 amide bonds. The molecule has 0 N–H and O–H groups in total. The van der Waals surface area contributed by atoms with E-state index in [1.807, 2.05) is 12.4 Å². The number of hydrogen-bond donors (Lipinski definition) is 0. The van der Waals surface area contributed by atoms with Gasteiger partial charge in [0.15, 0.2) is 0 Å². The number of nitrogens with zero attached hydrogens (tertiary/aromatic N) is 4. The lowest BCUT2D eigenvalue weighted by Gasteiger charge is -2.04. The van der Waals surface area contributed by atoms with Crippen LogP contribution in [0.25, 0.3) is 77.3 Å². The predicted molar refractivity (Wildman–Crippen MR) is 176 cm³/mol. The first-order valence-electron chi connectivity index (χ1n) is 14.4. The van der Waals surface area contributed by atoms with Crippen molar-refractivity contribution in [3.05, 3.63) is 121 Å². The fraction of sp³-hybridized carbons (Fsp3) is 0.105. The quantitative estimate of drug-likeness (QED) is 0.223. The summed E-state index contributed by atoms with van der Waals surface area (Å²) < 4.78 is 4.46. The summed E-state index contributed by atoms with van der Waals surface area (Å²) in [5, 5.41) is 4.83. The molecule has 0 radical (unpaired) electrons. The van der Waals surface area contributed by atoms with Crippen LogP contribution in [0.4, 0.5) is 0 Å². The van der Waals surface area contributed by atoms with Crippen molar-refractivity contribution < 1.29 is 0 Å². The second kappa shape index (κ2) is 9.15. The minimum Gasteiger partial charge on any atom is -0.342 e. The van der Waals surface area contributed by atoms with Crippen LogP contribution in [0.15, 0.2) is 109 Å². The summed E-state index contributed by atoms with van der Waals surface area (Å²) in [6.45, 7) is 4.25. The fourth-order valence-corrected chi connectivity index (χ4v) is 6.34. The van der Waals surface area contributed by atoms with Crippen LogP contribution < -0.4 is 0 Å². The van der Waals surface area contributed by atoms with Gasteiger partial charge in [-0.3, -0.25) is 9.97 Å². The molecule has 0 unspecified atom stereocenters. The first-order valence-corrected chi connectivity index (χ1v) is 14.4. The number of aryl methyl sites for hydroxylation is 4. The number of hydrogen-bond acceptors (Lipinski definition) is 2. The minimum absolute atomic E-state index is 0.879. The first-order chi connectivity index (χ1) is 20.4. The van der Waals surface area contributed by atoms with Crippen LogP contribution in [0.3, 0.4) is 0 Å². The van der Waals surface area contributed by atoms with Gasteiger partial charge in [-0.1, -0.05) is 71.8 Å².